The lowest BCUT2D eigenvalue weighted by Gasteiger charge is -2.32. The molecular weight excluding hydrogens is 426 g/mol. The molecule has 1 fully saturated rings. The van der Waals surface area contributed by atoms with E-state index in [1.54, 1.807) is 12.1 Å². The van der Waals surface area contributed by atoms with Crippen LogP contribution in [-0.2, 0) is 9.53 Å². The van der Waals surface area contributed by atoms with E-state index in [0.717, 1.165) is 28.1 Å². The number of aliphatic carboxylic acids is 1. The number of Topliss-reactive ketones (excluding diaryl/α,β-unsaturated/α-hetero) is 1. The third-order valence-corrected chi connectivity index (χ3v) is 6.52. The highest BCUT2D eigenvalue weighted by Gasteiger charge is 2.42. The number of hydrogen-bond acceptors (Lipinski definition) is 4. The van der Waals surface area contributed by atoms with E-state index in [4.69, 9.17) is 4.74 Å². The van der Waals surface area contributed by atoms with E-state index < -0.39 is 11.4 Å². The molecule has 0 bridgehead atoms. The van der Waals surface area contributed by atoms with Gasteiger partial charge in [0.25, 0.3) is 0 Å². The second-order valence-corrected chi connectivity index (χ2v) is 8.92. The van der Waals surface area contributed by atoms with Crippen LogP contribution in [-0.4, -0.2) is 30.1 Å². The van der Waals surface area contributed by atoms with Gasteiger partial charge in [0.1, 0.15) is 0 Å². The largest absolute Gasteiger partial charge is 0.481 e. The number of rotatable bonds is 8. The molecule has 2 N–H and O–H groups in total. The topological polar surface area (TPSA) is 75.6 Å². The molecule has 1 saturated heterocycles. The maximum absolute atomic E-state index is 12.8. The zero-order chi connectivity index (χ0) is 24.1. The molecule has 1 aliphatic heterocycles. The summed E-state index contributed by atoms with van der Waals surface area (Å²) in [6, 6.07) is 23.6. The van der Waals surface area contributed by atoms with E-state index in [2.05, 4.69) is 31.0 Å². The predicted molar refractivity (Wildman–Crippen MR) is 135 cm³/mol. The van der Waals surface area contributed by atoms with Gasteiger partial charge in [0.05, 0.1) is 5.41 Å². The molecule has 4 rings (SSSR count). The highest BCUT2D eigenvalue weighted by Crippen LogP contribution is 2.36. The van der Waals surface area contributed by atoms with Gasteiger partial charge in [-0.25, -0.2) is 0 Å². The monoisotopic (exact) mass is 455 g/mol. The maximum Gasteiger partial charge on any atom is 0.310 e. The van der Waals surface area contributed by atoms with E-state index in [0.29, 0.717) is 31.6 Å². The quantitative estimate of drug-likeness (QED) is 0.396. The first-order valence-electron chi connectivity index (χ1n) is 11.4. The number of hydrogen-bond donors (Lipinski definition) is 2. The molecule has 0 amide bonds. The lowest BCUT2D eigenvalue weighted by molar-refractivity contribution is -0.154. The van der Waals surface area contributed by atoms with Gasteiger partial charge in [-0.2, -0.15) is 0 Å². The Bertz CT molecular complexity index is 1170. The average molecular weight is 456 g/mol. The summed E-state index contributed by atoms with van der Waals surface area (Å²) in [6.07, 6.45) is 0.724. The Morgan fingerprint density at radius 3 is 1.97 bits per heavy atom. The summed E-state index contributed by atoms with van der Waals surface area (Å²) in [6.45, 7) is 6.94. The number of nitrogens with one attached hydrogen (secondary N) is 1. The molecule has 0 saturated carbocycles. The van der Waals surface area contributed by atoms with Crippen molar-refractivity contribution in [2.75, 3.05) is 18.5 Å². The zero-order valence-electron chi connectivity index (χ0n) is 19.3. The molecule has 0 unspecified atom stereocenters. The SMILES string of the molecule is C=C(Nc1ccc(-c2ccc(C(=O)CC3(C(=O)O)CCOCC3)cc2)cc1)c1ccc(C)cc1. The molecule has 0 radical (unpaired) electrons. The van der Waals surface area contributed by atoms with Gasteiger partial charge in [-0.15, -0.1) is 0 Å². The number of carbonyl (C=O) groups excluding carboxylic acids is 1. The Morgan fingerprint density at radius 2 is 1.41 bits per heavy atom. The van der Waals surface area contributed by atoms with Crippen LogP contribution in [0.25, 0.3) is 16.8 Å². The smallest absolute Gasteiger partial charge is 0.310 e. The second kappa shape index (κ2) is 10.1. The van der Waals surface area contributed by atoms with Crippen LogP contribution in [0, 0.1) is 12.3 Å². The summed E-state index contributed by atoms with van der Waals surface area (Å²) in [5.74, 6) is -1.07. The van der Waals surface area contributed by atoms with E-state index in [1.807, 2.05) is 48.5 Å². The molecule has 5 nitrogen and oxygen atoms in total. The van der Waals surface area contributed by atoms with Crippen LogP contribution in [0.4, 0.5) is 5.69 Å². The van der Waals surface area contributed by atoms with Crippen molar-refractivity contribution in [1.29, 1.82) is 0 Å². The molecule has 5 heteroatoms. The minimum atomic E-state index is -1.03. The molecule has 0 aliphatic carbocycles. The fourth-order valence-corrected chi connectivity index (χ4v) is 4.23. The van der Waals surface area contributed by atoms with E-state index in [-0.39, 0.29) is 12.2 Å². The Kier molecular flexibility index (Phi) is 6.94. The van der Waals surface area contributed by atoms with Crippen LogP contribution in [0.15, 0.2) is 79.4 Å². The maximum atomic E-state index is 12.8. The van der Waals surface area contributed by atoms with Crippen molar-refractivity contribution >= 4 is 23.1 Å². The lowest BCUT2D eigenvalue weighted by atomic mass is 9.75. The van der Waals surface area contributed by atoms with Gasteiger partial charge in [-0.05, 0) is 48.6 Å². The fourth-order valence-electron chi connectivity index (χ4n) is 4.23. The second-order valence-electron chi connectivity index (χ2n) is 8.92. The van der Waals surface area contributed by atoms with Crippen molar-refractivity contribution in [3.05, 3.63) is 96.1 Å². The fraction of sp³-hybridized carbons (Fsp3) is 0.241. The average Bonchev–Trinajstić information content (AvgIpc) is 2.85. The van der Waals surface area contributed by atoms with Gasteiger partial charge in [-0.3, -0.25) is 9.59 Å². The van der Waals surface area contributed by atoms with Crippen molar-refractivity contribution in [3.8, 4) is 11.1 Å². The van der Waals surface area contributed by atoms with Crippen LogP contribution in [0.5, 0.6) is 0 Å². The molecule has 3 aromatic carbocycles. The molecule has 3 aromatic rings. The predicted octanol–water partition coefficient (Wildman–Crippen LogP) is 6.20. The molecule has 0 spiro atoms. The van der Waals surface area contributed by atoms with Crippen molar-refractivity contribution < 1.29 is 19.4 Å². The van der Waals surface area contributed by atoms with Crippen molar-refractivity contribution in [1.82, 2.24) is 0 Å². The molecule has 0 aromatic heterocycles. The first-order valence-corrected chi connectivity index (χ1v) is 11.4. The summed E-state index contributed by atoms with van der Waals surface area (Å²) in [4.78, 5) is 24.7. The Labute approximate surface area is 200 Å². The van der Waals surface area contributed by atoms with Gasteiger partial charge < -0.3 is 15.2 Å². The molecule has 34 heavy (non-hydrogen) atoms. The summed E-state index contributed by atoms with van der Waals surface area (Å²) >= 11 is 0. The van der Waals surface area contributed by atoms with Crippen molar-refractivity contribution in [2.24, 2.45) is 5.41 Å². The number of benzene rings is 3. The number of carbonyl (C=O) groups is 2. The minimum Gasteiger partial charge on any atom is -0.481 e. The first kappa shape index (κ1) is 23.5. The van der Waals surface area contributed by atoms with Crippen LogP contribution in [0.3, 0.4) is 0 Å². The summed E-state index contributed by atoms with van der Waals surface area (Å²) in [7, 11) is 0. The van der Waals surface area contributed by atoms with E-state index in [9.17, 15) is 14.7 Å². The lowest BCUT2D eigenvalue weighted by Crippen LogP contribution is -2.39. The van der Waals surface area contributed by atoms with E-state index in [1.165, 1.54) is 5.56 Å². The molecule has 0 atom stereocenters. The summed E-state index contributed by atoms with van der Waals surface area (Å²) in [5.41, 5.74) is 5.54. The Hall–Kier alpha value is -3.70. The molecule has 174 valence electrons. The minimum absolute atomic E-state index is 0.00369. The third-order valence-electron chi connectivity index (χ3n) is 6.52. The first-order chi connectivity index (χ1) is 16.4. The van der Waals surface area contributed by atoms with E-state index >= 15 is 0 Å². The van der Waals surface area contributed by atoms with Gasteiger partial charge in [-0.1, -0.05) is 72.8 Å². The number of ether oxygens (including phenoxy) is 1. The number of carboxylic acids is 1. The molecule has 1 aliphatic rings. The van der Waals surface area contributed by atoms with Crippen molar-refractivity contribution in [2.45, 2.75) is 26.2 Å². The Balaban J connectivity index is 1.41. The van der Waals surface area contributed by atoms with Crippen LogP contribution < -0.4 is 5.32 Å². The van der Waals surface area contributed by atoms with Crippen LogP contribution in [0.2, 0.25) is 0 Å². The van der Waals surface area contributed by atoms with Crippen LogP contribution in [0.1, 0.15) is 40.7 Å². The van der Waals surface area contributed by atoms with Gasteiger partial charge in [0, 0.05) is 36.6 Å². The summed E-state index contributed by atoms with van der Waals surface area (Å²) in [5, 5.41) is 13.0. The highest BCUT2D eigenvalue weighted by atomic mass is 16.5. The van der Waals surface area contributed by atoms with Gasteiger partial charge >= 0.3 is 5.97 Å². The Morgan fingerprint density at radius 1 is 0.882 bits per heavy atom. The third kappa shape index (κ3) is 5.26. The van der Waals surface area contributed by atoms with Crippen molar-refractivity contribution in [3.63, 3.8) is 0 Å². The highest BCUT2D eigenvalue weighted by molar-refractivity contribution is 5.99. The summed E-state index contributed by atoms with van der Waals surface area (Å²) < 4.78 is 5.30. The molecule has 1 heterocycles. The number of aryl methyl sites for hydroxylation is 1. The normalized spacial score (nSPS) is 14.9. The number of carboxylic acid groups (broad SMARTS) is 1. The number of ketones is 1. The standard InChI is InChI=1S/C29H29NO4/c1-20-3-5-22(6-4-20)21(2)30-26-13-11-24(12-14-26)23-7-9-25(10-8-23)27(31)19-29(28(32)33)15-17-34-18-16-29/h3-14,30H,2,15-19H2,1H3,(H,32,33). The molecular formula is C29H29NO4. The van der Waals surface area contributed by atoms with Gasteiger partial charge in [0.2, 0.25) is 0 Å². The zero-order valence-corrected chi connectivity index (χ0v) is 19.3. The van der Waals surface area contributed by atoms with Gasteiger partial charge in [0.15, 0.2) is 5.78 Å². The number of anilines is 1. The van der Waals surface area contributed by atoms with Crippen LogP contribution >= 0.6 is 0 Å².